The smallest absolute Gasteiger partial charge is 0.260 e. The van der Waals surface area contributed by atoms with Crippen LogP contribution >= 0.6 is 0 Å². The van der Waals surface area contributed by atoms with Crippen molar-refractivity contribution in [2.75, 3.05) is 0 Å². The van der Waals surface area contributed by atoms with E-state index in [2.05, 4.69) is 15.1 Å². The van der Waals surface area contributed by atoms with E-state index in [0.717, 1.165) is 11.3 Å². The van der Waals surface area contributed by atoms with Gasteiger partial charge in [0.2, 0.25) is 5.95 Å². The van der Waals surface area contributed by atoms with Gasteiger partial charge in [-0.25, -0.2) is 9.67 Å². The number of nitrogens with one attached hydrogen (secondary N) is 1. The molecule has 0 spiro atoms. The molecule has 0 unspecified atom stereocenters. The molecular formula is C18H14N4O2. The molecule has 1 N–H and O–H groups in total. The van der Waals surface area contributed by atoms with Gasteiger partial charge in [0.05, 0.1) is 10.9 Å². The second-order valence-corrected chi connectivity index (χ2v) is 5.44. The normalized spacial score (nSPS) is 10.9. The summed E-state index contributed by atoms with van der Waals surface area (Å²) < 4.78 is 7.34. The quantitative estimate of drug-likeness (QED) is 0.629. The van der Waals surface area contributed by atoms with Crippen LogP contribution < -0.4 is 10.3 Å². The third-order valence-electron chi connectivity index (χ3n) is 3.61. The van der Waals surface area contributed by atoms with Crippen molar-refractivity contribution in [3.63, 3.8) is 0 Å². The molecule has 0 aliphatic heterocycles. The fraction of sp³-hybridized carbons (Fsp3) is 0.0556. The Hall–Kier alpha value is -3.41. The average molecular weight is 318 g/mol. The number of hydrogen-bond donors (Lipinski definition) is 1. The van der Waals surface area contributed by atoms with Crippen LogP contribution in [0.4, 0.5) is 0 Å². The Morgan fingerprint density at radius 2 is 1.96 bits per heavy atom. The highest BCUT2D eigenvalue weighted by atomic mass is 16.5. The molecule has 0 atom stereocenters. The molecule has 6 heteroatoms. The van der Waals surface area contributed by atoms with Crippen molar-refractivity contribution in [2.45, 2.75) is 6.92 Å². The lowest BCUT2D eigenvalue weighted by atomic mass is 10.2. The highest BCUT2D eigenvalue weighted by molar-refractivity contribution is 5.79. The highest BCUT2D eigenvalue weighted by Gasteiger charge is 2.08. The maximum Gasteiger partial charge on any atom is 0.260 e. The number of rotatable bonds is 3. The van der Waals surface area contributed by atoms with E-state index in [0.29, 0.717) is 22.6 Å². The number of aryl methyl sites for hydroxylation is 1. The summed E-state index contributed by atoms with van der Waals surface area (Å²) in [6.07, 6.45) is 3.35. The molecule has 0 saturated carbocycles. The first-order valence-electron chi connectivity index (χ1n) is 7.48. The lowest BCUT2D eigenvalue weighted by Gasteiger charge is -2.08. The fourth-order valence-electron chi connectivity index (χ4n) is 2.49. The van der Waals surface area contributed by atoms with Crippen molar-refractivity contribution in [3.05, 3.63) is 76.8 Å². The van der Waals surface area contributed by atoms with Crippen molar-refractivity contribution in [1.29, 1.82) is 0 Å². The second kappa shape index (κ2) is 5.66. The fourth-order valence-corrected chi connectivity index (χ4v) is 2.49. The van der Waals surface area contributed by atoms with Gasteiger partial charge in [-0.1, -0.05) is 12.1 Å². The highest BCUT2D eigenvalue weighted by Crippen LogP contribution is 2.24. The van der Waals surface area contributed by atoms with E-state index in [1.165, 1.54) is 4.68 Å². The largest absolute Gasteiger partial charge is 0.457 e. The van der Waals surface area contributed by atoms with Gasteiger partial charge in [-0.2, -0.15) is 5.10 Å². The van der Waals surface area contributed by atoms with Crippen molar-refractivity contribution >= 4 is 10.9 Å². The molecule has 0 amide bonds. The summed E-state index contributed by atoms with van der Waals surface area (Å²) in [5.41, 5.74) is 1.46. The molecule has 0 aliphatic rings. The molecule has 2 aromatic carbocycles. The zero-order valence-electron chi connectivity index (χ0n) is 12.9. The van der Waals surface area contributed by atoms with Crippen LogP contribution in [-0.2, 0) is 0 Å². The first kappa shape index (κ1) is 14.2. The maximum atomic E-state index is 12.4. The third kappa shape index (κ3) is 2.65. The van der Waals surface area contributed by atoms with Crippen molar-refractivity contribution in [1.82, 2.24) is 19.7 Å². The molecule has 0 saturated heterocycles. The van der Waals surface area contributed by atoms with Gasteiger partial charge >= 0.3 is 0 Å². The Morgan fingerprint density at radius 1 is 1.08 bits per heavy atom. The van der Waals surface area contributed by atoms with Gasteiger partial charge in [-0.15, -0.1) is 0 Å². The van der Waals surface area contributed by atoms with E-state index in [-0.39, 0.29) is 5.56 Å². The molecule has 2 aromatic heterocycles. The molecule has 0 radical (unpaired) electrons. The predicted molar refractivity (Wildman–Crippen MR) is 90.7 cm³/mol. The van der Waals surface area contributed by atoms with E-state index < -0.39 is 0 Å². The van der Waals surface area contributed by atoms with Gasteiger partial charge < -0.3 is 4.74 Å². The van der Waals surface area contributed by atoms with E-state index >= 15 is 0 Å². The Bertz CT molecular complexity index is 1070. The van der Waals surface area contributed by atoms with Crippen LogP contribution in [-0.4, -0.2) is 19.7 Å². The minimum atomic E-state index is -0.236. The van der Waals surface area contributed by atoms with E-state index in [1.807, 2.05) is 31.2 Å². The second-order valence-electron chi connectivity index (χ2n) is 5.44. The number of ether oxygens (including phenoxy) is 1. The molecule has 0 aliphatic carbocycles. The number of hydrogen-bond acceptors (Lipinski definition) is 4. The molecular weight excluding hydrogens is 304 g/mol. The summed E-state index contributed by atoms with van der Waals surface area (Å²) in [6, 6.07) is 14.8. The maximum absolute atomic E-state index is 12.4. The Kier molecular flexibility index (Phi) is 3.35. The number of benzene rings is 2. The van der Waals surface area contributed by atoms with Gasteiger partial charge in [0.15, 0.2) is 0 Å². The van der Waals surface area contributed by atoms with Crippen LogP contribution in [0.2, 0.25) is 0 Å². The van der Waals surface area contributed by atoms with Crippen molar-refractivity contribution < 1.29 is 4.74 Å². The molecule has 2 heterocycles. The van der Waals surface area contributed by atoms with Gasteiger partial charge in [0.25, 0.3) is 5.56 Å². The molecule has 4 rings (SSSR count). The predicted octanol–water partition coefficient (Wildman–Crippen LogP) is 3.21. The summed E-state index contributed by atoms with van der Waals surface area (Å²) in [6.45, 7) is 2.00. The van der Waals surface area contributed by atoms with Gasteiger partial charge in [-0.3, -0.25) is 9.78 Å². The first-order valence-corrected chi connectivity index (χ1v) is 7.48. The standard InChI is InChI=1S/C18H14N4O2/c1-12-4-2-5-13(10-12)24-14-6-7-16-15(11-14)17(23)21-18(20-16)22-9-3-8-19-22/h2-11H,1H3,(H,20,21,23). The molecule has 24 heavy (non-hydrogen) atoms. The lowest BCUT2D eigenvalue weighted by Crippen LogP contribution is -2.13. The third-order valence-corrected chi connectivity index (χ3v) is 3.61. The summed E-state index contributed by atoms with van der Waals surface area (Å²) in [7, 11) is 0. The summed E-state index contributed by atoms with van der Waals surface area (Å²) >= 11 is 0. The SMILES string of the molecule is Cc1cccc(Oc2ccc3nc(-n4cccn4)[nH]c(=O)c3c2)c1. The van der Waals surface area contributed by atoms with Crippen LogP contribution in [0, 0.1) is 6.92 Å². The molecule has 0 fully saturated rings. The number of aromatic nitrogens is 4. The van der Waals surface area contributed by atoms with Crippen molar-refractivity contribution in [3.8, 4) is 17.4 Å². The van der Waals surface area contributed by atoms with Crippen molar-refractivity contribution in [2.24, 2.45) is 0 Å². The van der Waals surface area contributed by atoms with Gasteiger partial charge in [0, 0.05) is 12.4 Å². The van der Waals surface area contributed by atoms with E-state index in [9.17, 15) is 4.79 Å². The molecule has 6 nitrogen and oxygen atoms in total. The van der Waals surface area contributed by atoms with Crippen LogP contribution in [0.15, 0.2) is 65.7 Å². The number of fused-ring (bicyclic) bond motifs is 1. The zero-order chi connectivity index (χ0) is 16.5. The van der Waals surface area contributed by atoms with Crippen LogP contribution in [0.25, 0.3) is 16.9 Å². The Labute approximate surface area is 137 Å². The minimum Gasteiger partial charge on any atom is -0.457 e. The number of H-pyrrole nitrogens is 1. The average Bonchev–Trinajstić information content (AvgIpc) is 3.10. The van der Waals surface area contributed by atoms with Crippen LogP contribution in [0.3, 0.4) is 0 Å². The zero-order valence-corrected chi connectivity index (χ0v) is 12.9. The van der Waals surface area contributed by atoms with Gasteiger partial charge in [0.1, 0.15) is 11.5 Å². The first-order chi connectivity index (χ1) is 11.7. The topological polar surface area (TPSA) is 72.8 Å². The Morgan fingerprint density at radius 3 is 2.75 bits per heavy atom. The molecule has 0 bridgehead atoms. The van der Waals surface area contributed by atoms with Gasteiger partial charge in [-0.05, 0) is 48.9 Å². The number of aromatic amines is 1. The lowest BCUT2D eigenvalue weighted by molar-refractivity contribution is 0.483. The summed E-state index contributed by atoms with van der Waals surface area (Å²) in [5.74, 6) is 1.70. The summed E-state index contributed by atoms with van der Waals surface area (Å²) in [4.78, 5) is 19.5. The summed E-state index contributed by atoms with van der Waals surface area (Å²) in [5, 5.41) is 4.54. The monoisotopic (exact) mass is 318 g/mol. The number of nitrogens with zero attached hydrogens (tertiary/aromatic N) is 3. The molecule has 4 aromatic rings. The Balaban J connectivity index is 1.75. The van der Waals surface area contributed by atoms with Crippen LogP contribution in [0.1, 0.15) is 5.56 Å². The van der Waals surface area contributed by atoms with E-state index in [4.69, 9.17) is 4.74 Å². The molecule has 118 valence electrons. The minimum absolute atomic E-state index is 0.236. The van der Waals surface area contributed by atoms with Crippen LogP contribution in [0.5, 0.6) is 11.5 Å². The van der Waals surface area contributed by atoms with E-state index in [1.54, 1.807) is 36.7 Å².